The number of anilines is 2. The molecule has 0 spiro atoms. The fourth-order valence-corrected chi connectivity index (χ4v) is 11.1. The number of rotatable bonds is 13. The third-order valence-electron chi connectivity index (χ3n) is 13.7. The van der Waals surface area contributed by atoms with E-state index in [1.165, 1.54) is 20.3 Å². The average Bonchev–Trinajstić information content (AvgIpc) is 1.61. The van der Waals surface area contributed by atoms with E-state index in [2.05, 4.69) is 34.6 Å². The quantitative estimate of drug-likeness (QED) is 0.0422. The lowest BCUT2D eigenvalue weighted by Gasteiger charge is -2.37. The molecule has 4 fully saturated rings. The molecule has 96 heavy (non-hydrogen) atoms. The Morgan fingerprint density at radius 1 is 0.458 bits per heavy atom. The van der Waals surface area contributed by atoms with Gasteiger partial charge >= 0.3 is 37.1 Å². The first-order valence-corrected chi connectivity index (χ1v) is 28.5. The van der Waals surface area contributed by atoms with Gasteiger partial charge in [0.1, 0.15) is 18.3 Å². The summed E-state index contributed by atoms with van der Waals surface area (Å²) in [4.78, 5) is 3.51. The summed E-state index contributed by atoms with van der Waals surface area (Å²) in [6.07, 6.45) is -24.8. The molecule has 6 aromatic rings. The zero-order valence-electron chi connectivity index (χ0n) is 49.3. The third-order valence-corrected chi connectivity index (χ3v) is 16.0. The normalized spacial score (nSPS) is 18.9. The number of hydrogen-bond acceptors (Lipinski definition) is 18. The van der Waals surface area contributed by atoms with Crippen molar-refractivity contribution in [3.63, 3.8) is 0 Å². The summed E-state index contributed by atoms with van der Waals surface area (Å²) in [5, 5.41) is 30.7. The molecule has 2 aromatic heterocycles. The van der Waals surface area contributed by atoms with Crippen LogP contribution < -0.4 is 34.9 Å². The molecule has 3 unspecified atom stereocenters. The van der Waals surface area contributed by atoms with E-state index in [0.29, 0.717) is 97.4 Å². The number of phenols is 2. The minimum Gasteiger partial charge on any atom is -0.505 e. The molecular formula is C55H63ClF20N7O10PS2. The summed E-state index contributed by atoms with van der Waals surface area (Å²) in [6.45, 7) is 1.08. The summed E-state index contributed by atoms with van der Waals surface area (Å²) in [5.41, 5.74) is -3.88. The molecule has 2 saturated heterocycles. The maximum Gasteiger partial charge on any atom is 0.445 e. The van der Waals surface area contributed by atoms with Crippen molar-refractivity contribution < 1.29 is 137 Å². The van der Waals surface area contributed by atoms with Crippen molar-refractivity contribution in [2.24, 2.45) is 23.7 Å². The van der Waals surface area contributed by atoms with Gasteiger partial charge < -0.3 is 64.8 Å². The van der Waals surface area contributed by atoms with E-state index in [4.69, 9.17) is 35.7 Å². The van der Waals surface area contributed by atoms with E-state index in [-0.39, 0.29) is 106 Å². The summed E-state index contributed by atoms with van der Waals surface area (Å²) in [7, 11) is 4.18. The van der Waals surface area contributed by atoms with Gasteiger partial charge in [0.15, 0.2) is 59.7 Å². The lowest BCUT2D eigenvalue weighted by Crippen LogP contribution is -2.47. The van der Waals surface area contributed by atoms with Gasteiger partial charge in [-0.2, -0.15) is 88.9 Å². The van der Waals surface area contributed by atoms with Crippen molar-refractivity contribution in [3.8, 4) is 34.5 Å². The van der Waals surface area contributed by atoms with Crippen molar-refractivity contribution in [3.05, 3.63) is 117 Å². The Hall–Kier alpha value is -6.48. The predicted octanol–water partition coefficient (Wildman–Crippen LogP) is 15.7. The summed E-state index contributed by atoms with van der Waals surface area (Å²) in [6, 6.07) is 9.26. The number of aromatic nitrogens is 4. The first kappa shape index (κ1) is 85.6. The van der Waals surface area contributed by atoms with Gasteiger partial charge in [-0.25, -0.2) is 8.78 Å². The predicted molar refractivity (Wildman–Crippen MR) is 314 cm³/mol. The number of fused-ring (bicyclic) bond motifs is 4. The second kappa shape index (κ2) is 35.9. The smallest absolute Gasteiger partial charge is 0.445 e. The Kier molecular flexibility index (Phi) is 32.0. The van der Waals surface area contributed by atoms with Crippen LogP contribution in [0.25, 0.3) is 0 Å². The first-order chi connectivity index (χ1) is 42.8. The van der Waals surface area contributed by atoms with Crippen LogP contribution in [0.1, 0.15) is 65.4 Å². The van der Waals surface area contributed by atoms with Crippen LogP contribution in [-0.4, -0.2) is 115 Å². The number of aromatic hydroxyl groups is 2. The van der Waals surface area contributed by atoms with Crippen LogP contribution in [0.3, 0.4) is 0 Å². The summed E-state index contributed by atoms with van der Waals surface area (Å²) >= 11 is 5.94. The lowest BCUT2D eigenvalue weighted by atomic mass is 9.95. The molecule has 4 bridgehead atoms. The van der Waals surface area contributed by atoms with Gasteiger partial charge in [0, 0.05) is 71.2 Å². The standard InChI is InChI=1S/C19H19F6N3O3S.C17H15F6N3O2S.C9H8F4O2.C7H4F4O.C2H5ClO.CH4.H3N.H2O.H3P/c1-29-9-30-14-6-12(18(20,21)22)4-5-13(14)31-15-10-2-3-11(15)8-28(7-10)17-27-26-16(32-17)19(23,24)25;18-16(19,20)10-3-4-12(11(27)5-10)28-13-8-1-2-9(13)7-26(6-8)15-25-24-14(29-15)17(21,22)23;1-14-5-15-8-4-6(9(11,12)13)2-3-7(8)10;8-5-2-1-4(3-6(5)12)7(9,10)11;1-4-2-3;;;;/h4-6,10-11,15H,2-3,7-9H2,1H3;3-5,8-9,13,27H,1-2,6-7H2;2-4H,5H2,1H3;1-3,12H;2H2,1H3;1H4;1H3;1H2;1H3/t10-,11+,15?;8-,9+,13?;;;;;;;. The van der Waals surface area contributed by atoms with Gasteiger partial charge in [-0.3, -0.25) is 0 Å². The zero-order valence-corrected chi connectivity index (χ0v) is 53.1. The summed E-state index contributed by atoms with van der Waals surface area (Å²) < 4.78 is 287. The second-order valence-corrected chi connectivity index (χ2v) is 22.2. The number of nitrogens with zero attached hydrogens (tertiary/aromatic N) is 6. The number of halogens is 21. The second-order valence-electron chi connectivity index (χ2n) is 20.1. The van der Waals surface area contributed by atoms with Crippen molar-refractivity contribution in [2.75, 3.05) is 77.0 Å². The van der Waals surface area contributed by atoms with E-state index in [1.54, 1.807) is 16.9 Å². The number of ether oxygens (including phenoxy) is 7. The molecule has 4 heterocycles. The highest BCUT2D eigenvalue weighted by Gasteiger charge is 2.48. The molecule has 2 saturated carbocycles. The highest BCUT2D eigenvalue weighted by atomic mass is 35.5. The molecule has 17 nitrogen and oxygen atoms in total. The van der Waals surface area contributed by atoms with Gasteiger partial charge in [-0.1, -0.05) is 41.7 Å². The Balaban J connectivity index is 0.000000448. The Morgan fingerprint density at radius 3 is 1.11 bits per heavy atom. The van der Waals surface area contributed by atoms with Crippen molar-refractivity contribution in [1.29, 1.82) is 0 Å². The van der Waals surface area contributed by atoms with Crippen LogP contribution in [0.2, 0.25) is 0 Å². The molecule has 7 N–H and O–H groups in total. The van der Waals surface area contributed by atoms with Gasteiger partial charge in [-0.15, -0.1) is 20.4 Å². The van der Waals surface area contributed by atoms with Gasteiger partial charge in [0.05, 0.1) is 22.3 Å². The summed E-state index contributed by atoms with van der Waals surface area (Å²) in [5.74, 6) is -4.09. The van der Waals surface area contributed by atoms with E-state index in [1.807, 2.05) is 0 Å². The maximum atomic E-state index is 13.1. The molecule has 4 aromatic carbocycles. The van der Waals surface area contributed by atoms with Crippen LogP contribution in [-0.2, 0) is 51.3 Å². The van der Waals surface area contributed by atoms with E-state index < -0.39 is 98.2 Å². The number of hydrogen-bond donors (Lipinski definition) is 3. The minimum absolute atomic E-state index is 0. The van der Waals surface area contributed by atoms with E-state index >= 15 is 0 Å². The Bertz CT molecular complexity index is 3320. The molecule has 7 atom stereocenters. The maximum absolute atomic E-state index is 13.1. The Labute approximate surface area is 550 Å². The topological polar surface area (TPSA) is 230 Å². The highest BCUT2D eigenvalue weighted by molar-refractivity contribution is 7.15. The first-order valence-electron chi connectivity index (χ1n) is 26.3. The monoisotopic (exact) mass is 1490 g/mol. The Morgan fingerprint density at radius 2 is 0.781 bits per heavy atom. The van der Waals surface area contributed by atoms with Crippen molar-refractivity contribution in [2.45, 2.75) is 82.4 Å². The molecule has 2 aliphatic heterocycles. The van der Waals surface area contributed by atoms with Crippen LogP contribution in [0, 0.1) is 35.3 Å². The third kappa shape index (κ3) is 23.6. The van der Waals surface area contributed by atoms with Crippen LogP contribution in [0.4, 0.5) is 98.1 Å². The van der Waals surface area contributed by atoms with E-state index in [0.717, 1.165) is 49.9 Å². The SMILES string of the molecule is C.COCCl.COCOc1cc(C(F)(F)F)ccc1F.COCOc1cc(C(F)(F)F)ccc1OC1[C@@H]2CC[C@H]1CN(c1nnc(C(F)(F)F)s1)C2.N.O.Oc1cc(C(F)(F)F)ccc1F.Oc1cc(C(F)(F)F)ccc1OC1[C@@H]2CC[C@H]1CN(c1nnc(C(F)(F)F)s1)C2.P. The average molecular weight is 1490 g/mol. The molecule has 0 amide bonds. The fraction of sp³-hybridized carbons (Fsp3) is 0.491. The molecule has 2 aliphatic carbocycles. The molecule has 0 radical (unpaired) electrons. The molecule has 41 heteroatoms. The number of alkyl halides is 19. The van der Waals surface area contributed by atoms with Gasteiger partial charge in [0.2, 0.25) is 20.3 Å². The lowest BCUT2D eigenvalue weighted by molar-refractivity contribution is -0.138. The number of piperidine rings is 2. The van der Waals surface area contributed by atoms with Gasteiger partial charge in [-0.05, 0) is 98.5 Å². The molecule has 10 rings (SSSR count). The molecule has 542 valence electrons. The van der Waals surface area contributed by atoms with Gasteiger partial charge in [0.25, 0.3) is 0 Å². The number of phenolic OH excluding ortho intramolecular Hbond substituents is 2. The fourth-order valence-electron chi connectivity index (χ4n) is 9.66. The molecular weight excluding hydrogens is 1430 g/mol. The van der Waals surface area contributed by atoms with Crippen LogP contribution in [0.5, 0.6) is 34.5 Å². The van der Waals surface area contributed by atoms with Crippen molar-refractivity contribution >= 4 is 54.4 Å². The van der Waals surface area contributed by atoms with Crippen LogP contribution in [0.15, 0.2) is 72.8 Å². The highest BCUT2D eigenvalue weighted by Crippen LogP contribution is 2.48. The van der Waals surface area contributed by atoms with Crippen molar-refractivity contribution in [1.82, 2.24) is 26.5 Å². The zero-order chi connectivity index (χ0) is 68.3. The largest absolute Gasteiger partial charge is 0.505 e. The number of benzene rings is 4. The molecule has 4 aliphatic rings. The van der Waals surface area contributed by atoms with Crippen LogP contribution >= 0.6 is 44.2 Å². The number of methoxy groups -OCH3 is 3. The minimum atomic E-state index is -4.57. The van der Waals surface area contributed by atoms with E-state index in [9.17, 15) is 92.9 Å².